The highest BCUT2D eigenvalue weighted by atomic mass is 15.3. The van der Waals surface area contributed by atoms with E-state index in [9.17, 15) is 0 Å². The Labute approximate surface area is 107 Å². The fraction of sp³-hybridized carbons (Fsp3) is 0.357. The molecule has 1 saturated heterocycles. The number of hydrogen-bond donors (Lipinski definition) is 0. The first-order chi connectivity index (χ1) is 8.84. The summed E-state index contributed by atoms with van der Waals surface area (Å²) in [5, 5.41) is 0. The molecule has 0 amide bonds. The lowest BCUT2D eigenvalue weighted by atomic mass is 10.1. The zero-order valence-corrected chi connectivity index (χ0v) is 10.5. The van der Waals surface area contributed by atoms with Crippen molar-refractivity contribution in [3.05, 3.63) is 48.0 Å². The van der Waals surface area contributed by atoms with Gasteiger partial charge in [-0.3, -0.25) is 4.98 Å². The van der Waals surface area contributed by atoms with Gasteiger partial charge in [-0.15, -0.1) is 0 Å². The molecule has 1 aliphatic heterocycles. The Kier molecular flexibility index (Phi) is 2.92. The Morgan fingerprint density at radius 3 is 2.78 bits per heavy atom. The largest absolute Gasteiger partial charge is 0.332 e. The van der Waals surface area contributed by atoms with Crippen LogP contribution in [0, 0.1) is 6.92 Å². The lowest BCUT2D eigenvalue weighted by Gasteiger charge is -2.24. The van der Waals surface area contributed by atoms with Crippen LogP contribution in [0.5, 0.6) is 0 Å². The molecule has 0 aromatic carbocycles. The van der Waals surface area contributed by atoms with Crippen LogP contribution in [0.4, 0.5) is 5.95 Å². The van der Waals surface area contributed by atoms with Crippen LogP contribution in [0.15, 0.2) is 36.7 Å². The average molecular weight is 240 g/mol. The minimum atomic E-state index is 0.312. The number of hydrogen-bond acceptors (Lipinski definition) is 4. The number of anilines is 1. The van der Waals surface area contributed by atoms with Gasteiger partial charge in [0, 0.05) is 24.6 Å². The fourth-order valence-electron chi connectivity index (χ4n) is 2.50. The molecule has 0 aliphatic carbocycles. The minimum absolute atomic E-state index is 0.312. The van der Waals surface area contributed by atoms with E-state index in [1.165, 1.54) is 6.42 Å². The summed E-state index contributed by atoms with van der Waals surface area (Å²) < 4.78 is 0. The highest BCUT2D eigenvalue weighted by molar-refractivity contribution is 5.36. The number of aryl methyl sites for hydroxylation is 1. The van der Waals surface area contributed by atoms with E-state index in [1.54, 1.807) is 12.4 Å². The number of nitrogens with zero attached hydrogens (tertiary/aromatic N) is 4. The van der Waals surface area contributed by atoms with Crippen LogP contribution in [0.1, 0.15) is 30.3 Å². The first-order valence-electron chi connectivity index (χ1n) is 6.32. The zero-order chi connectivity index (χ0) is 12.4. The van der Waals surface area contributed by atoms with Crippen molar-refractivity contribution < 1.29 is 0 Å². The van der Waals surface area contributed by atoms with Crippen LogP contribution >= 0.6 is 0 Å². The lowest BCUT2D eigenvalue weighted by Crippen LogP contribution is -2.25. The number of aromatic nitrogens is 3. The van der Waals surface area contributed by atoms with Gasteiger partial charge in [-0.25, -0.2) is 9.97 Å². The van der Waals surface area contributed by atoms with Gasteiger partial charge in [-0.2, -0.15) is 0 Å². The maximum absolute atomic E-state index is 4.63. The van der Waals surface area contributed by atoms with Gasteiger partial charge in [0.15, 0.2) is 0 Å². The Bertz CT molecular complexity index is 526. The van der Waals surface area contributed by atoms with E-state index in [1.807, 2.05) is 19.1 Å². The van der Waals surface area contributed by atoms with Gasteiger partial charge in [0.1, 0.15) is 0 Å². The molecule has 1 atom stereocenters. The van der Waals surface area contributed by atoms with Crippen molar-refractivity contribution in [1.82, 2.24) is 15.0 Å². The minimum Gasteiger partial charge on any atom is -0.332 e. The Hall–Kier alpha value is -1.97. The Morgan fingerprint density at radius 1 is 1.17 bits per heavy atom. The van der Waals surface area contributed by atoms with E-state index in [4.69, 9.17) is 0 Å². The topological polar surface area (TPSA) is 41.9 Å². The second kappa shape index (κ2) is 4.72. The van der Waals surface area contributed by atoms with Crippen molar-refractivity contribution in [2.24, 2.45) is 0 Å². The summed E-state index contributed by atoms with van der Waals surface area (Å²) in [6, 6.07) is 8.35. The van der Waals surface area contributed by atoms with Crippen LogP contribution < -0.4 is 4.90 Å². The molecule has 0 bridgehead atoms. The third-order valence-corrected chi connectivity index (χ3v) is 3.31. The molecule has 3 heterocycles. The quantitative estimate of drug-likeness (QED) is 0.809. The first kappa shape index (κ1) is 11.1. The van der Waals surface area contributed by atoms with Crippen LogP contribution in [0.25, 0.3) is 0 Å². The molecular weight excluding hydrogens is 224 g/mol. The maximum Gasteiger partial charge on any atom is 0.225 e. The van der Waals surface area contributed by atoms with Gasteiger partial charge in [0.25, 0.3) is 0 Å². The average Bonchev–Trinajstić information content (AvgIpc) is 2.89. The zero-order valence-electron chi connectivity index (χ0n) is 10.5. The van der Waals surface area contributed by atoms with E-state index in [0.29, 0.717) is 6.04 Å². The molecule has 92 valence electrons. The third-order valence-electron chi connectivity index (χ3n) is 3.31. The summed E-state index contributed by atoms with van der Waals surface area (Å²) in [7, 11) is 0. The van der Waals surface area contributed by atoms with E-state index >= 15 is 0 Å². The van der Waals surface area contributed by atoms with Crippen LogP contribution in [0.3, 0.4) is 0 Å². The third kappa shape index (κ3) is 2.06. The molecule has 0 saturated carbocycles. The Balaban J connectivity index is 1.92. The second-order valence-corrected chi connectivity index (χ2v) is 4.60. The predicted octanol–water partition coefficient (Wildman–Crippen LogP) is 2.52. The summed E-state index contributed by atoms with van der Waals surface area (Å²) in [4.78, 5) is 15.6. The normalized spacial score (nSPS) is 19.2. The summed E-state index contributed by atoms with van der Waals surface area (Å²) in [6.07, 6.45) is 5.87. The van der Waals surface area contributed by atoms with Crippen molar-refractivity contribution >= 4 is 5.95 Å². The SMILES string of the molecule is Cc1cccc([C@@H]2CCCN2c2ncccn2)n1. The van der Waals surface area contributed by atoms with Gasteiger partial charge in [0.05, 0.1) is 11.7 Å². The molecule has 0 spiro atoms. The summed E-state index contributed by atoms with van der Waals surface area (Å²) in [6.45, 7) is 3.03. The van der Waals surface area contributed by atoms with Crippen molar-refractivity contribution in [1.29, 1.82) is 0 Å². The molecule has 2 aromatic heterocycles. The summed E-state index contributed by atoms with van der Waals surface area (Å²) in [5.74, 6) is 0.809. The molecule has 4 nitrogen and oxygen atoms in total. The van der Waals surface area contributed by atoms with Crippen LogP contribution in [0.2, 0.25) is 0 Å². The second-order valence-electron chi connectivity index (χ2n) is 4.60. The van der Waals surface area contributed by atoms with Gasteiger partial charge in [-0.05, 0) is 38.0 Å². The van der Waals surface area contributed by atoms with Crippen molar-refractivity contribution in [2.45, 2.75) is 25.8 Å². The van der Waals surface area contributed by atoms with E-state index in [2.05, 4.69) is 32.0 Å². The maximum atomic E-state index is 4.63. The van der Waals surface area contributed by atoms with Crippen LogP contribution in [-0.2, 0) is 0 Å². The summed E-state index contributed by atoms with van der Waals surface area (Å²) in [5.41, 5.74) is 2.19. The molecule has 2 aromatic rings. The highest BCUT2D eigenvalue weighted by Gasteiger charge is 2.28. The number of pyridine rings is 1. The van der Waals surface area contributed by atoms with Gasteiger partial charge < -0.3 is 4.90 Å². The Morgan fingerprint density at radius 2 is 2.00 bits per heavy atom. The smallest absolute Gasteiger partial charge is 0.225 e. The standard InChI is InChI=1S/C14H16N4/c1-11-5-2-6-12(17-11)13-7-3-10-18(13)14-15-8-4-9-16-14/h2,4-6,8-9,13H,3,7,10H2,1H3/t13-/m0/s1. The van der Waals surface area contributed by atoms with Crippen molar-refractivity contribution in [2.75, 3.05) is 11.4 Å². The van der Waals surface area contributed by atoms with Gasteiger partial charge in [-0.1, -0.05) is 6.07 Å². The molecule has 1 fully saturated rings. The van der Waals surface area contributed by atoms with Crippen molar-refractivity contribution in [3.8, 4) is 0 Å². The molecule has 0 radical (unpaired) electrons. The molecule has 1 aliphatic rings. The van der Waals surface area contributed by atoms with E-state index < -0.39 is 0 Å². The molecule has 3 rings (SSSR count). The van der Waals surface area contributed by atoms with Gasteiger partial charge >= 0.3 is 0 Å². The molecule has 0 N–H and O–H groups in total. The molecule has 4 heteroatoms. The molecule has 0 unspecified atom stereocenters. The summed E-state index contributed by atoms with van der Waals surface area (Å²) >= 11 is 0. The first-order valence-corrected chi connectivity index (χ1v) is 6.32. The van der Waals surface area contributed by atoms with E-state index in [-0.39, 0.29) is 0 Å². The highest BCUT2D eigenvalue weighted by Crippen LogP contribution is 2.33. The molecular formula is C14H16N4. The fourth-order valence-corrected chi connectivity index (χ4v) is 2.50. The predicted molar refractivity (Wildman–Crippen MR) is 70.3 cm³/mol. The van der Waals surface area contributed by atoms with E-state index in [0.717, 1.165) is 30.3 Å². The van der Waals surface area contributed by atoms with Crippen LogP contribution in [-0.4, -0.2) is 21.5 Å². The lowest BCUT2D eigenvalue weighted by molar-refractivity contribution is 0.677. The molecule has 18 heavy (non-hydrogen) atoms. The van der Waals surface area contributed by atoms with Gasteiger partial charge in [0.2, 0.25) is 5.95 Å². The van der Waals surface area contributed by atoms with Crippen molar-refractivity contribution in [3.63, 3.8) is 0 Å². The monoisotopic (exact) mass is 240 g/mol. The number of rotatable bonds is 2.